The van der Waals surface area contributed by atoms with Crippen molar-refractivity contribution in [3.05, 3.63) is 34.2 Å². The van der Waals surface area contributed by atoms with Crippen LogP contribution in [-0.4, -0.2) is 52.2 Å². The van der Waals surface area contributed by atoms with E-state index >= 15 is 0 Å². The summed E-state index contributed by atoms with van der Waals surface area (Å²) >= 11 is 0. The zero-order valence-electron chi connectivity index (χ0n) is 19.7. The third-order valence-corrected chi connectivity index (χ3v) is 7.30. The van der Waals surface area contributed by atoms with Gasteiger partial charge in [0.25, 0.3) is 5.56 Å². The Hall–Kier alpha value is -2.72. The average Bonchev–Trinajstić information content (AvgIpc) is 3.06. The largest absolute Gasteiger partial charge is 0.493 e. The van der Waals surface area contributed by atoms with E-state index in [-0.39, 0.29) is 21.7 Å². The fraction of sp³-hybridized carbons (Fsp3) is 0.500. The minimum Gasteiger partial charge on any atom is -0.493 e. The number of fused-ring (bicyclic) bond motifs is 1. The van der Waals surface area contributed by atoms with Crippen molar-refractivity contribution in [3.8, 4) is 17.1 Å². The summed E-state index contributed by atoms with van der Waals surface area (Å²) in [5.74, 6) is 0.677. The highest BCUT2D eigenvalue weighted by atomic mass is 32.2. The number of rotatable bonds is 7. The minimum atomic E-state index is -3.70. The Bertz CT molecular complexity index is 1300. The molecule has 174 valence electrons. The molecule has 0 saturated carbocycles. The molecule has 0 fully saturated rings. The Kier molecular flexibility index (Phi) is 6.48. The lowest BCUT2D eigenvalue weighted by Crippen LogP contribution is -2.30. The number of nitrogens with one attached hydrogen (secondary N) is 1. The number of sulfonamides is 1. The fourth-order valence-corrected chi connectivity index (χ4v) is 5.15. The van der Waals surface area contributed by atoms with Gasteiger partial charge in [0.05, 0.1) is 22.8 Å². The SMILES string of the molecule is CCOc1ccc(S(=O)(=O)N(CC)CC)cc1-c1nc2c(C(C)(C)C)nn(C)c2c(=O)[nH]1. The number of ether oxygens (including phenoxy) is 1. The van der Waals surface area contributed by atoms with Crippen LogP contribution in [0.3, 0.4) is 0 Å². The maximum atomic E-state index is 13.1. The minimum absolute atomic E-state index is 0.115. The van der Waals surface area contributed by atoms with Crippen molar-refractivity contribution in [1.29, 1.82) is 0 Å². The van der Waals surface area contributed by atoms with E-state index in [1.165, 1.54) is 21.1 Å². The maximum absolute atomic E-state index is 13.1. The summed E-state index contributed by atoms with van der Waals surface area (Å²) in [6, 6.07) is 4.63. The lowest BCUT2D eigenvalue weighted by Gasteiger charge is -2.19. The Balaban J connectivity index is 2.32. The second-order valence-corrected chi connectivity index (χ2v) is 10.5. The highest BCUT2D eigenvalue weighted by Crippen LogP contribution is 2.33. The molecular formula is C22H31N5O4S. The van der Waals surface area contributed by atoms with Crippen molar-refractivity contribution in [3.63, 3.8) is 0 Å². The van der Waals surface area contributed by atoms with E-state index in [0.717, 1.165) is 0 Å². The van der Waals surface area contributed by atoms with Crippen LogP contribution in [0.25, 0.3) is 22.4 Å². The lowest BCUT2D eigenvalue weighted by molar-refractivity contribution is 0.341. The molecule has 1 aromatic carbocycles. The van der Waals surface area contributed by atoms with Crippen LogP contribution in [0.5, 0.6) is 5.75 Å². The van der Waals surface area contributed by atoms with Gasteiger partial charge in [0, 0.05) is 25.6 Å². The van der Waals surface area contributed by atoms with E-state index in [9.17, 15) is 13.2 Å². The molecule has 0 aliphatic carbocycles. The third kappa shape index (κ3) is 4.16. The van der Waals surface area contributed by atoms with Crippen LogP contribution in [0.15, 0.2) is 27.9 Å². The number of aryl methyl sites for hydroxylation is 1. The number of aromatic amines is 1. The van der Waals surface area contributed by atoms with Gasteiger partial charge in [0.2, 0.25) is 10.0 Å². The molecule has 0 aliphatic rings. The van der Waals surface area contributed by atoms with E-state index < -0.39 is 10.0 Å². The van der Waals surface area contributed by atoms with Crippen LogP contribution in [0.4, 0.5) is 0 Å². The average molecular weight is 462 g/mol. The summed E-state index contributed by atoms with van der Waals surface area (Å²) in [7, 11) is -2.00. The fourth-order valence-electron chi connectivity index (χ4n) is 3.66. The van der Waals surface area contributed by atoms with Gasteiger partial charge in [-0.1, -0.05) is 34.6 Å². The van der Waals surface area contributed by atoms with Crippen molar-refractivity contribution >= 4 is 21.1 Å². The summed E-state index contributed by atoms with van der Waals surface area (Å²) in [5.41, 5.74) is 1.25. The number of benzene rings is 1. The molecule has 10 heteroatoms. The van der Waals surface area contributed by atoms with Crippen molar-refractivity contribution < 1.29 is 13.2 Å². The van der Waals surface area contributed by atoms with Crippen molar-refractivity contribution in [2.24, 2.45) is 7.05 Å². The smallest absolute Gasteiger partial charge is 0.277 e. The molecule has 0 spiro atoms. The quantitative estimate of drug-likeness (QED) is 0.579. The van der Waals surface area contributed by atoms with Gasteiger partial charge in [-0.3, -0.25) is 9.48 Å². The molecule has 3 rings (SSSR count). The normalized spacial score (nSPS) is 12.6. The molecular weight excluding hydrogens is 430 g/mol. The number of H-pyrrole nitrogens is 1. The predicted molar refractivity (Wildman–Crippen MR) is 125 cm³/mol. The number of hydrogen-bond acceptors (Lipinski definition) is 6. The first-order valence-corrected chi connectivity index (χ1v) is 12.1. The van der Waals surface area contributed by atoms with Crippen LogP contribution < -0.4 is 10.3 Å². The highest BCUT2D eigenvalue weighted by molar-refractivity contribution is 7.89. The van der Waals surface area contributed by atoms with E-state index in [0.29, 0.717) is 47.7 Å². The van der Waals surface area contributed by atoms with E-state index in [2.05, 4.69) is 10.1 Å². The Morgan fingerprint density at radius 3 is 2.38 bits per heavy atom. The highest BCUT2D eigenvalue weighted by Gasteiger charge is 2.27. The maximum Gasteiger partial charge on any atom is 0.277 e. The summed E-state index contributed by atoms with van der Waals surface area (Å²) in [5, 5.41) is 4.52. The summed E-state index contributed by atoms with van der Waals surface area (Å²) in [6.45, 7) is 12.5. The van der Waals surface area contributed by atoms with Crippen LogP contribution >= 0.6 is 0 Å². The Labute approximate surface area is 188 Å². The van der Waals surface area contributed by atoms with Gasteiger partial charge in [0.15, 0.2) is 5.52 Å². The van der Waals surface area contributed by atoms with Crippen molar-refractivity contribution in [1.82, 2.24) is 24.1 Å². The van der Waals surface area contributed by atoms with E-state index in [1.54, 1.807) is 27.0 Å². The molecule has 32 heavy (non-hydrogen) atoms. The van der Waals surface area contributed by atoms with Crippen LogP contribution in [0.1, 0.15) is 47.2 Å². The molecule has 9 nitrogen and oxygen atoms in total. The van der Waals surface area contributed by atoms with Gasteiger partial charge in [-0.05, 0) is 25.1 Å². The van der Waals surface area contributed by atoms with Crippen molar-refractivity contribution in [2.75, 3.05) is 19.7 Å². The standard InChI is InChI=1S/C22H31N5O4S/c1-8-27(9-2)32(29,30)14-11-12-16(31-10-3)15(13-14)20-23-17-18(21(28)24-20)26(7)25-19(17)22(4,5)6/h11-13H,8-10H2,1-7H3,(H,23,24,28). The molecule has 0 amide bonds. The van der Waals surface area contributed by atoms with Crippen molar-refractivity contribution in [2.45, 2.75) is 51.9 Å². The molecule has 0 unspecified atom stereocenters. The van der Waals surface area contributed by atoms with Gasteiger partial charge < -0.3 is 9.72 Å². The van der Waals surface area contributed by atoms with E-state index in [4.69, 9.17) is 9.72 Å². The van der Waals surface area contributed by atoms with Crippen LogP contribution in [-0.2, 0) is 22.5 Å². The topological polar surface area (TPSA) is 110 Å². The monoisotopic (exact) mass is 461 g/mol. The van der Waals surface area contributed by atoms with E-state index in [1.807, 2.05) is 27.7 Å². The van der Waals surface area contributed by atoms with Gasteiger partial charge in [-0.25, -0.2) is 13.4 Å². The zero-order valence-corrected chi connectivity index (χ0v) is 20.5. The zero-order chi connectivity index (χ0) is 23.8. The van der Waals surface area contributed by atoms with Crippen LogP contribution in [0, 0.1) is 0 Å². The lowest BCUT2D eigenvalue weighted by atomic mass is 9.91. The second kappa shape index (κ2) is 8.67. The number of hydrogen-bond donors (Lipinski definition) is 1. The van der Waals surface area contributed by atoms with Crippen LogP contribution in [0.2, 0.25) is 0 Å². The molecule has 0 bridgehead atoms. The molecule has 3 aromatic rings. The summed E-state index contributed by atoms with van der Waals surface area (Å²) in [6.07, 6.45) is 0. The molecule has 2 aromatic heterocycles. The van der Waals surface area contributed by atoms with Gasteiger partial charge >= 0.3 is 0 Å². The molecule has 0 aliphatic heterocycles. The first-order valence-electron chi connectivity index (χ1n) is 10.7. The molecule has 2 heterocycles. The van der Waals surface area contributed by atoms with Gasteiger partial charge in [-0.2, -0.15) is 9.40 Å². The summed E-state index contributed by atoms with van der Waals surface area (Å²) in [4.78, 5) is 20.6. The molecule has 1 N–H and O–H groups in total. The Morgan fingerprint density at radius 1 is 1.16 bits per heavy atom. The molecule has 0 saturated heterocycles. The molecule has 0 radical (unpaired) electrons. The van der Waals surface area contributed by atoms with Gasteiger partial charge in [0.1, 0.15) is 17.1 Å². The summed E-state index contributed by atoms with van der Waals surface area (Å²) < 4.78 is 34.8. The predicted octanol–water partition coefficient (Wildman–Crippen LogP) is 3.05. The third-order valence-electron chi connectivity index (χ3n) is 5.25. The van der Waals surface area contributed by atoms with Gasteiger partial charge in [-0.15, -0.1) is 0 Å². The number of nitrogens with zero attached hydrogens (tertiary/aromatic N) is 4. The Morgan fingerprint density at radius 2 is 1.81 bits per heavy atom. The molecule has 0 atom stereocenters. The number of aromatic nitrogens is 4. The second-order valence-electron chi connectivity index (χ2n) is 8.51. The first kappa shape index (κ1) is 23.9. The first-order chi connectivity index (χ1) is 14.9.